The fourth-order valence-electron chi connectivity index (χ4n) is 3.91. The average Bonchev–Trinajstić information content (AvgIpc) is 3.63. The van der Waals surface area contributed by atoms with Crippen LogP contribution in [0.5, 0.6) is 0 Å². The van der Waals surface area contributed by atoms with Gasteiger partial charge in [0, 0.05) is 51.3 Å². The minimum Gasteiger partial charge on any atom is -0.192 e. The van der Waals surface area contributed by atoms with Crippen molar-refractivity contribution in [3.8, 4) is 26.3 Å². The molecule has 152 valence electrons. The maximum atomic E-state index is 9.62. The van der Waals surface area contributed by atoms with Crippen molar-refractivity contribution in [2.75, 3.05) is 0 Å². The van der Waals surface area contributed by atoms with E-state index < -0.39 is 0 Å². The molecule has 0 unspecified atom stereocenters. The molecule has 0 saturated heterocycles. The van der Waals surface area contributed by atoms with E-state index in [2.05, 4.69) is 72.1 Å². The van der Waals surface area contributed by atoms with E-state index in [9.17, 15) is 5.26 Å². The van der Waals surface area contributed by atoms with Crippen molar-refractivity contribution in [1.29, 1.82) is 5.26 Å². The Kier molecular flexibility index (Phi) is 5.01. The van der Waals surface area contributed by atoms with E-state index in [1.807, 2.05) is 34.9 Å². The van der Waals surface area contributed by atoms with Crippen LogP contribution in [0.4, 0.5) is 0 Å². The predicted octanol–water partition coefficient (Wildman–Crippen LogP) is 9.64. The molecule has 0 saturated carbocycles. The van der Waals surface area contributed by atoms with Crippen molar-refractivity contribution in [3.05, 3.63) is 93.3 Å². The third-order valence-corrected chi connectivity index (χ3v) is 9.72. The summed E-state index contributed by atoms with van der Waals surface area (Å²) in [5.41, 5.74) is 2.04. The van der Waals surface area contributed by atoms with Crippen LogP contribution in [0.25, 0.3) is 52.7 Å². The van der Waals surface area contributed by atoms with E-state index >= 15 is 0 Å². The summed E-state index contributed by atoms with van der Waals surface area (Å²) >= 11 is 7.02. The van der Waals surface area contributed by atoms with Gasteiger partial charge in [-0.05, 0) is 35.7 Å². The molecule has 5 heteroatoms. The summed E-state index contributed by atoms with van der Waals surface area (Å²) in [7, 11) is 0. The molecule has 0 aliphatic rings. The molecule has 0 spiro atoms. The van der Waals surface area contributed by atoms with Crippen LogP contribution >= 0.6 is 45.3 Å². The fourth-order valence-corrected chi connectivity index (χ4v) is 8.01. The molecule has 0 N–H and O–H groups in total. The number of hydrogen-bond donors (Lipinski definition) is 0. The first-order valence-electron chi connectivity index (χ1n) is 10.1. The molecule has 6 aromatic rings. The first kappa shape index (κ1) is 19.7. The highest BCUT2D eigenvalue weighted by Gasteiger charge is 2.17. The summed E-state index contributed by atoms with van der Waals surface area (Å²) in [6.45, 7) is 0. The lowest BCUT2D eigenvalue weighted by molar-refractivity contribution is 1.54. The van der Waals surface area contributed by atoms with Gasteiger partial charge in [-0.25, -0.2) is 0 Å². The second-order valence-corrected chi connectivity index (χ2v) is 11.3. The molecule has 0 radical (unpaired) electrons. The van der Waals surface area contributed by atoms with Crippen molar-refractivity contribution in [3.63, 3.8) is 0 Å². The highest BCUT2D eigenvalue weighted by Crippen LogP contribution is 2.48. The quantitative estimate of drug-likeness (QED) is 0.230. The van der Waals surface area contributed by atoms with Gasteiger partial charge in [0.15, 0.2) is 0 Å². The van der Waals surface area contributed by atoms with Crippen LogP contribution < -0.4 is 0 Å². The maximum Gasteiger partial charge on any atom is 0.101 e. The van der Waals surface area contributed by atoms with Gasteiger partial charge in [-0.2, -0.15) is 5.26 Å². The number of allylic oxidation sites excluding steroid dienone is 1. The zero-order valence-electron chi connectivity index (χ0n) is 16.7. The van der Waals surface area contributed by atoms with Gasteiger partial charge < -0.3 is 0 Å². The number of nitrogens with zero attached hydrogens (tertiary/aromatic N) is 1. The lowest BCUT2D eigenvalue weighted by atomic mass is 10.1. The number of thiophene rings is 4. The topological polar surface area (TPSA) is 23.8 Å². The molecule has 0 atom stereocenters. The summed E-state index contributed by atoms with van der Waals surface area (Å²) in [6, 6.07) is 28.0. The average molecular weight is 482 g/mol. The monoisotopic (exact) mass is 481 g/mol. The molecule has 2 aromatic carbocycles. The molecule has 1 nitrogen and oxygen atoms in total. The number of benzene rings is 2. The summed E-state index contributed by atoms with van der Waals surface area (Å²) in [4.78, 5) is 5.98. The molecule has 4 aromatic heterocycles. The van der Waals surface area contributed by atoms with E-state index in [0.29, 0.717) is 0 Å². The van der Waals surface area contributed by atoms with Crippen LogP contribution in [0.1, 0.15) is 9.75 Å². The highest BCUT2D eigenvalue weighted by molar-refractivity contribution is 7.26. The molecule has 0 fully saturated rings. The molecule has 0 bridgehead atoms. The van der Waals surface area contributed by atoms with Gasteiger partial charge in [0.1, 0.15) is 6.07 Å². The van der Waals surface area contributed by atoms with Crippen molar-refractivity contribution < 1.29 is 0 Å². The van der Waals surface area contributed by atoms with Crippen molar-refractivity contribution in [1.82, 2.24) is 0 Å². The Morgan fingerprint density at radius 3 is 2.31 bits per heavy atom. The Labute approximate surface area is 201 Å². The Balaban J connectivity index is 1.48. The summed E-state index contributed by atoms with van der Waals surface area (Å²) in [5.74, 6) is 0. The molecule has 32 heavy (non-hydrogen) atoms. The van der Waals surface area contributed by atoms with E-state index in [1.165, 1.54) is 41.1 Å². The molecule has 6 rings (SSSR count). The lowest BCUT2D eigenvalue weighted by Crippen LogP contribution is -1.72. The summed E-state index contributed by atoms with van der Waals surface area (Å²) in [5, 5.41) is 17.8. The Hall–Kier alpha value is -3.01. The van der Waals surface area contributed by atoms with Gasteiger partial charge in [-0.3, -0.25) is 0 Å². The SMILES string of the molecule is N#C/C(=C\c1ccc(-c2sc(-c3csc4ccccc34)c3ccccc23)s1)c1cccs1. The van der Waals surface area contributed by atoms with Crippen molar-refractivity contribution in [2.24, 2.45) is 0 Å². The Bertz CT molecular complexity index is 1630. The van der Waals surface area contributed by atoms with Gasteiger partial charge in [0.25, 0.3) is 0 Å². The van der Waals surface area contributed by atoms with Gasteiger partial charge in [-0.1, -0.05) is 48.5 Å². The van der Waals surface area contributed by atoms with E-state index in [1.54, 1.807) is 34.0 Å². The van der Waals surface area contributed by atoms with Crippen LogP contribution in [-0.2, 0) is 0 Å². The normalized spacial score (nSPS) is 11.9. The van der Waals surface area contributed by atoms with Gasteiger partial charge >= 0.3 is 0 Å². The van der Waals surface area contributed by atoms with Crippen molar-refractivity contribution in [2.45, 2.75) is 0 Å². The number of hydrogen-bond acceptors (Lipinski definition) is 5. The lowest BCUT2D eigenvalue weighted by Gasteiger charge is -1.97. The molecule has 0 amide bonds. The van der Waals surface area contributed by atoms with E-state index in [4.69, 9.17) is 0 Å². The number of nitriles is 1. The van der Waals surface area contributed by atoms with E-state index in [0.717, 1.165) is 15.3 Å². The molecule has 0 aliphatic heterocycles. The van der Waals surface area contributed by atoms with Gasteiger partial charge in [0.05, 0.1) is 10.5 Å². The smallest absolute Gasteiger partial charge is 0.101 e. The van der Waals surface area contributed by atoms with Gasteiger partial charge in [0.2, 0.25) is 0 Å². The second kappa shape index (κ2) is 8.16. The van der Waals surface area contributed by atoms with E-state index in [-0.39, 0.29) is 0 Å². The predicted molar refractivity (Wildman–Crippen MR) is 144 cm³/mol. The fraction of sp³-hybridized carbons (Fsp3) is 0. The van der Waals surface area contributed by atoms with Crippen LogP contribution in [0.15, 0.2) is 83.6 Å². The zero-order chi connectivity index (χ0) is 21.5. The van der Waals surface area contributed by atoms with Crippen LogP contribution in [0, 0.1) is 11.3 Å². The minimum absolute atomic E-state index is 0.717. The Morgan fingerprint density at radius 1 is 0.750 bits per heavy atom. The Morgan fingerprint density at radius 2 is 1.53 bits per heavy atom. The third-order valence-electron chi connectivity index (χ3n) is 5.39. The highest BCUT2D eigenvalue weighted by atomic mass is 32.1. The standard InChI is InChI=1S/C27H15NS4/c28-15-17(23-10-5-13-29-23)14-18-11-12-25(31-18)27-21-8-2-1-7-20(21)26(32-27)22-16-30-24-9-4-3-6-19(22)24/h1-14,16H/b17-14+. The van der Waals surface area contributed by atoms with Crippen molar-refractivity contribution >= 4 is 77.9 Å². The summed E-state index contributed by atoms with van der Waals surface area (Å²) < 4.78 is 1.32. The minimum atomic E-state index is 0.717. The zero-order valence-corrected chi connectivity index (χ0v) is 20.0. The third kappa shape index (κ3) is 3.33. The van der Waals surface area contributed by atoms with Gasteiger partial charge in [-0.15, -0.1) is 45.3 Å². The number of rotatable bonds is 4. The summed E-state index contributed by atoms with van der Waals surface area (Å²) in [6.07, 6.45) is 2.00. The number of fused-ring (bicyclic) bond motifs is 2. The maximum absolute atomic E-state index is 9.62. The first-order valence-corrected chi connectivity index (χ1v) is 13.4. The molecular formula is C27H15NS4. The molecule has 0 aliphatic carbocycles. The molecular weight excluding hydrogens is 467 g/mol. The molecule has 4 heterocycles. The first-order chi connectivity index (χ1) is 15.8. The second-order valence-electron chi connectivity index (χ2n) is 7.30. The van der Waals surface area contributed by atoms with Crippen LogP contribution in [-0.4, -0.2) is 0 Å². The largest absolute Gasteiger partial charge is 0.192 e. The van der Waals surface area contributed by atoms with Crippen LogP contribution in [0.2, 0.25) is 0 Å². The van der Waals surface area contributed by atoms with Crippen LogP contribution in [0.3, 0.4) is 0 Å².